The second-order valence-electron chi connectivity index (χ2n) is 4.92. The molecule has 15 heteroatoms. The summed E-state index contributed by atoms with van der Waals surface area (Å²) >= 11 is 0. The van der Waals surface area contributed by atoms with Crippen molar-refractivity contribution in [2.75, 3.05) is 21.3 Å². The van der Waals surface area contributed by atoms with Crippen molar-refractivity contribution in [1.82, 2.24) is 10.6 Å². The van der Waals surface area contributed by atoms with Crippen LogP contribution in [-0.4, -0.2) is 68.7 Å². The molecule has 0 unspecified atom stereocenters. The second kappa shape index (κ2) is 7.87. The molecule has 2 atom stereocenters. The van der Waals surface area contributed by atoms with Crippen molar-refractivity contribution < 1.29 is 59.7 Å². The van der Waals surface area contributed by atoms with E-state index in [2.05, 4.69) is 14.2 Å². The van der Waals surface area contributed by atoms with Crippen LogP contribution in [0.25, 0.3) is 0 Å². The van der Waals surface area contributed by atoms with Gasteiger partial charge in [0.15, 0.2) is 0 Å². The molecule has 0 saturated heterocycles. The number of esters is 2. The van der Waals surface area contributed by atoms with Gasteiger partial charge in [-0.1, -0.05) is 0 Å². The smallest absolute Gasteiger partial charge is 0.431 e. The molecule has 0 saturated carbocycles. The van der Waals surface area contributed by atoms with Crippen LogP contribution in [0.5, 0.6) is 0 Å². The first-order valence-electron chi connectivity index (χ1n) is 6.54. The number of methoxy groups -OCH3 is 3. The van der Waals surface area contributed by atoms with Gasteiger partial charge in [-0.2, -0.15) is 26.3 Å². The molecule has 2 N–H and O–H groups in total. The maximum atomic E-state index is 13.5. The normalized spacial score (nSPS) is 16.2. The van der Waals surface area contributed by atoms with Crippen LogP contribution >= 0.6 is 0 Å². The van der Waals surface area contributed by atoms with Crippen molar-refractivity contribution in [1.29, 1.82) is 0 Å². The molecule has 0 aromatic rings. The summed E-state index contributed by atoms with van der Waals surface area (Å²) < 4.78 is 91.5. The summed E-state index contributed by atoms with van der Waals surface area (Å²) in [6, 6.07) is 0. The van der Waals surface area contributed by atoms with Crippen LogP contribution in [0.4, 0.5) is 31.1 Å². The third-order valence-electron chi connectivity index (χ3n) is 3.26. The lowest BCUT2D eigenvalue weighted by molar-refractivity contribution is -0.223. The van der Waals surface area contributed by atoms with Gasteiger partial charge in [-0.3, -0.25) is 10.1 Å². The van der Waals surface area contributed by atoms with E-state index in [0.29, 0.717) is 21.3 Å². The van der Waals surface area contributed by atoms with E-state index >= 15 is 0 Å². The minimum atomic E-state index is -6.00. The Bertz CT molecular complexity index is 620. The number of hydrogen-bond donors (Lipinski definition) is 2. The van der Waals surface area contributed by atoms with Crippen molar-refractivity contribution in [2.24, 2.45) is 0 Å². The topological polar surface area (TPSA) is 120 Å². The Hall–Kier alpha value is -2.74. The minimum absolute atomic E-state index is 0.00666. The number of halogens is 6. The third kappa shape index (κ3) is 4.33. The van der Waals surface area contributed by atoms with Crippen LogP contribution < -0.4 is 10.6 Å². The van der Waals surface area contributed by atoms with Gasteiger partial charge in [0.1, 0.15) is 0 Å². The molecule has 0 spiro atoms. The molecule has 156 valence electrons. The number of alkyl halides is 6. The van der Waals surface area contributed by atoms with Gasteiger partial charge in [0.25, 0.3) is 5.91 Å². The second-order valence-corrected chi connectivity index (χ2v) is 4.92. The fourth-order valence-corrected chi connectivity index (χ4v) is 1.64. The molecule has 0 rings (SSSR count). The van der Waals surface area contributed by atoms with Crippen molar-refractivity contribution in [3.8, 4) is 0 Å². The number of alkyl carbamates (subject to hydrolysis) is 1. The molecule has 0 aliphatic heterocycles. The number of nitrogens with one attached hydrogen (secondary N) is 2. The minimum Gasteiger partial charge on any atom is -0.467 e. The molecule has 0 aliphatic carbocycles. The average Bonchev–Trinajstić information content (AvgIpc) is 2.55. The highest BCUT2D eigenvalue weighted by Gasteiger charge is 2.71. The lowest BCUT2D eigenvalue weighted by atomic mass is 9.93. The lowest BCUT2D eigenvalue weighted by Crippen LogP contribution is -2.76. The predicted octanol–water partition coefficient (Wildman–Crippen LogP) is 0.427. The SMILES string of the molecule is COC(=O)N[C@@](C(=O)N[C@@](C)(C(=O)OC)C(F)(F)F)(C(=O)OC)C(F)(F)F. The average molecular weight is 412 g/mol. The Balaban J connectivity index is 6.50. The van der Waals surface area contributed by atoms with Crippen LogP contribution in [0, 0.1) is 0 Å². The highest BCUT2D eigenvalue weighted by Crippen LogP contribution is 2.36. The summed E-state index contributed by atoms with van der Waals surface area (Å²) in [6.45, 7) is -0.00666. The molecule has 0 heterocycles. The van der Waals surface area contributed by atoms with E-state index in [1.165, 1.54) is 0 Å². The molecule has 0 aliphatic rings. The first kappa shape index (κ1) is 24.3. The van der Waals surface area contributed by atoms with Crippen molar-refractivity contribution >= 4 is 23.9 Å². The van der Waals surface area contributed by atoms with E-state index < -0.39 is 47.4 Å². The summed E-state index contributed by atoms with van der Waals surface area (Å²) in [5.41, 5.74) is -8.66. The largest absolute Gasteiger partial charge is 0.467 e. The van der Waals surface area contributed by atoms with Crippen LogP contribution in [0.15, 0.2) is 0 Å². The number of carbonyl (C=O) groups is 4. The highest BCUT2D eigenvalue weighted by atomic mass is 19.4. The predicted molar refractivity (Wildman–Crippen MR) is 71.0 cm³/mol. The summed E-state index contributed by atoms with van der Waals surface area (Å²) in [7, 11) is 1.40. The van der Waals surface area contributed by atoms with E-state index in [4.69, 9.17) is 0 Å². The number of rotatable bonds is 5. The van der Waals surface area contributed by atoms with Gasteiger partial charge >= 0.3 is 35.9 Å². The van der Waals surface area contributed by atoms with E-state index in [0.717, 1.165) is 10.6 Å². The summed E-state index contributed by atoms with van der Waals surface area (Å²) in [6.07, 6.45) is -13.6. The van der Waals surface area contributed by atoms with Crippen LogP contribution in [0.3, 0.4) is 0 Å². The molecule has 9 nitrogen and oxygen atoms in total. The Kier molecular flexibility index (Phi) is 7.07. The van der Waals surface area contributed by atoms with Crippen molar-refractivity contribution in [3.63, 3.8) is 0 Å². The molecule has 0 aromatic heterocycles. The van der Waals surface area contributed by atoms with Gasteiger partial charge in [-0.25, -0.2) is 14.4 Å². The number of amides is 2. The molecular weight excluding hydrogens is 398 g/mol. The Morgan fingerprint density at radius 2 is 1.15 bits per heavy atom. The maximum Gasteiger partial charge on any atom is 0.431 e. The first-order valence-corrected chi connectivity index (χ1v) is 6.54. The quantitative estimate of drug-likeness (QED) is 0.291. The molecule has 2 amide bonds. The Labute approximate surface area is 147 Å². The van der Waals surface area contributed by atoms with Gasteiger partial charge in [0.2, 0.25) is 5.54 Å². The van der Waals surface area contributed by atoms with Crippen LogP contribution in [0.2, 0.25) is 0 Å². The molecule has 0 bridgehead atoms. The molecule has 0 aromatic carbocycles. The first-order chi connectivity index (χ1) is 12.0. The third-order valence-corrected chi connectivity index (χ3v) is 3.26. The highest BCUT2D eigenvalue weighted by molar-refractivity contribution is 6.11. The van der Waals surface area contributed by atoms with Crippen LogP contribution in [0.1, 0.15) is 6.92 Å². The molecule has 0 radical (unpaired) electrons. The zero-order chi connectivity index (χ0) is 21.8. The molecule has 27 heavy (non-hydrogen) atoms. The van der Waals surface area contributed by atoms with Gasteiger partial charge in [0, 0.05) is 0 Å². The summed E-state index contributed by atoms with van der Waals surface area (Å²) in [4.78, 5) is 46.5. The van der Waals surface area contributed by atoms with Crippen molar-refractivity contribution in [2.45, 2.75) is 30.4 Å². The number of carbonyl (C=O) groups excluding carboxylic acids is 4. The maximum absolute atomic E-state index is 13.5. The van der Waals surface area contributed by atoms with E-state index in [-0.39, 0.29) is 6.92 Å². The van der Waals surface area contributed by atoms with Gasteiger partial charge < -0.3 is 19.5 Å². The van der Waals surface area contributed by atoms with E-state index in [9.17, 15) is 45.5 Å². The zero-order valence-electron chi connectivity index (χ0n) is 14.1. The Morgan fingerprint density at radius 1 is 0.704 bits per heavy atom. The number of ether oxygens (including phenoxy) is 3. The number of hydrogen-bond acceptors (Lipinski definition) is 7. The Morgan fingerprint density at radius 3 is 1.44 bits per heavy atom. The van der Waals surface area contributed by atoms with E-state index in [1.807, 2.05) is 0 Å². The van der Waals surface area contributed by atoms with Crippen molar-refractivity contribution in [3.05, 3.63) is 0 Å². The van der Waals surface area contributed by atoms with Gasteiger partial charge in [-0.05, 0) is 6.92 Å². The zero-order valence-corrected chi connectivity index (χ0v) is 14.1. The fourth-order valence-electron chi connectivity index (χ4n) is 1.64. The standard InChI is InChI=1S/C12H14F6N2O7/c1-9(6(22)25-2,11(13,14)15)19-5(21)10(7(23)26-3,12(16,17)18)20-8(24)27-4/h1-4H3,(H,19,21)(H,20,24)/t9-,10-/m0/s1. The molecule has 0 fully saturated rings. The van der Waals surface area contributed by atoms with Gasteiger partial charge in [0.05, 0.1) is 21.3 Å². The lowest BCUT2D eigenvalue weighted by Gasteiger charge is -2.36. The van der Waals surface area contributed by atoms with Crippen LogP contribution in [-0.2, 0) is 28.6 Å². The summed E-state index contributed by atoms with van der Waals surface area (Å²) in [5.74, 6) is -7.45. The molecular formula is C12H14F6N2O7. The monoisotopic (exact) mass is 412 g/mol. The van der Waals surface area contributed by atoms with E-state index in [1.54, 1.807) is 0 Å². The van der Waals surface area contributed by atoms with Gasteiger partial charge in [-0.15, -0.1) is 0 Å². The fraction of sp³-hybridized carbons (Fsp3) is 0.667. The summed E-state index contributed by atoms with van der Waals surface area (Å²) in [5, 5.41) is 1.56.